The molecular weight excluding hydrogens is 256 g/mol. The lowest BCUT2D eigenvalue weighted by Crippen LogP contribution is -2.07. The fourth-order valence-electron chi connectivity index (χ4n) is 2.03. The van der Waals surface area contributed by atoms with Crippen LogP contribution in [0.2, 0.25) is 0 Å². The number of fused-ring (bicyclic) bond motifs is 1. The first-order chi connectivity index (χ1) is 9.83. The van der Waals surface area contributed by atoms with Crippen LogP contribution >= 0.6 is 0 Å². The predicted octanol–water partition coefficient (Wildman–Crippen LogP) is 1.02. The highest BCUT2D eigenvalue weighted by Crippen LogP contribution is 2.18. The second-order valence-corrected chi connectivity index (χ2v) is 4.50. The van der Waals surface area contributed by atoms with Gasteiger partial charge in [0.1, 0.15) is 5.82 Å². The van der Waals surface area contributed by atoms with E-state index in [0.29, 0.717) is 5.65 Å². The molecule has 0 radical (unpaired) electrons. The van der Waals surface area contributed by atoms with Gasteiger partial charge in [-0.1, -0.05) is 0 Å². The van der Waals surface area contributed by atoms with Crippen molar-refractivity contribution < 1.29 is 0 Å². The molecule has 3 rings (SSSR count). The highest BCUT2D eigenvalue weighted by molar-refractivity contribution is 5.86. The van der Waals surface area contributed by atoms with Gasteiger partial charge in [-0.3, -0.25) is 5.10 Å². The third-order valence-corrected chi connectivity index (χ3v) is 3.02. The van der Waals surface area contributed by atoms with Gasteiger partial charge in [-0.15, -0.1) is 0 Å². The first-order valence-electron chi connectivity index (χ1n) is 6.49. The van der Waals surface area contributed by atoms with Crippen molar-refractivity contribution in [1.29, 1.82) is 0 Å². The molecule has 3 heterocycles. The molecule has 8 heteroatoms. The molecule has 0 aliphatic rings. The standard InChI is InChI=1S/C12H16N8/c13-12-17-10(9-7-16-19-11(9)18-12)15-3-1-2-5-20-6-4-14-8-20/h4,6-8H,1-3,5H2,(H4,13,15,16,17,18,19). The van der Waals surface area contributed by atoms with Gasteiger partial charge >= 0.3 is 0 Å². The van der Waals surface area contributed by atoms with Crippen molar-refractivity contribution in [3.05, 3.63) is 24.9 Å². The first-order valence-corrected chi connectivity index (χ1v) is 6.49. The molecule has 0 saturated heterocycles. The molecule has 3 aromatic heterocycles. The summed E-state index contributed by atoms with van der Waals surface area (Å²) in [4.78, 5) is 12.3. The summed E-state index contributed by atoms with van der Waals surface area (Å²) in [6.45, 7) is 1.79. The summed E-state index contributed by atoms with van der Waals surface area (Å²) in [5.74, 6) is 0.964. The van der Waals surface area contributed by atoms with Crippen LogP contribution in [-0.4, -0.2) is 36.3 Å². The molecule has 0 aliphatic carbocycles. The predicted molar refractivity (Wildman–Crippen MR) is 76.0 cm³/mol. The minimum Gasteiger partial charge on any atom is -0.369 e. The van der Waals surface area contributed by atoms with Gasteiger partial charge < -0.3 is 15.6 Å². The first kappa shape index (κ1) is 12.4. The highest BCUT2D eigenvalue weighted by Gasteiger charge is 2.06. The molecule has 0 unspecified atom stereocenters. The van der Waals surface area contributed by atoms with Gasteiger partial charge in [0.25, 0.3) is 0 Å². The second kappa shape index (κ2) is 5.55. The lowest BCUT2D eigenvalue weighted by atomic mass is 10.3. The summed E-state index contributed by atoms with van der Waals surface area (Å²) in [6.07, 6.45) is 9.38. The van der Waals surface area contributed by atoms with Crippen LogP contribution in [0.15, 0.2) is 24.9 Å². The Labute approximate surface area is 115 Å². The van der Waals surface area contributed by atoms with Gasteiger partial charge in [0.2, 0.25) is 5.95 Å². The molecule has 0 aromatic carbocycles. The molecule has 0 aliphatic heterocycles. The van der Waals surface area contributed by atoms with Gasteiger partial charge in [0.05, 0.1) is 17.9 Å². The fraction of sp³-hybridized carbons (Fsp3) is 0.333. The van der Waals surface area contributed by atoms with E-state index < -0.39 is 0 Å². The van der Waals surface area contributed by atoms with E-state index in [1.54, 1.807) is 12.4 Å². The molecule has 3 aromatic rings. The van der Waals surface area contributed by atoms with Gasteiger partial charge in [-0.25, -0.2) is 4.98 Å². The van der Waals surface area contributed by atoms with Crippen LogP contribution in [0.5, 0.6) is 0 Å². The molecule has 8 nitrogen and oxygen atoms in total. The summed E-state index contributed by atoms with van der Waals surface area (Å²) in [5.41, 5.74) is 6.31. The molecule has 0 amide bonds. The van der Waals surface area contributed by atoms with E-state index >= 15 is 0 Å². The lowest BCUT2D eigenvalue weighted by Gasteiger charge is -2.07. The average Bonchev–Trinajstić information content (AvgIpc) is 3.08. The Morgan fingerprint density at radius 1 is 1.30 bits per heavy atom. The lowest BCUT2D eigenvalue weighted by molar-refractivity contribution is 0.621. The number of rotatable bonds is 6. The Morgan fingerprint density at radius 2 is 2.25 bits per heavy atom. The van der Waals surface area contributed by atoms with E-state index in [0.717, 1.165) is 37.1 Å². The number of imidazole rings is 1. The normalized spacial score (nSPS) is 11.0. The molecule has 0 spiro atoms. The number of hydrogen-bond donors (Lipinski definition) is 3. The van der Waals surface area contributed by atoms with E-state index in [1.807, 2.05) is 12.5 Å². The molecule has 104 valence electrons. The van der Waals surface area contributed by atoms with Crippen LogP contribution in [0.25, 0.3) is 11.0 Å². The molecule has 0 atom stereocenters. The minimum atomic E-state index is 0.239. The van der Waals surface area contributed by atoms with Gasteiger partial charge in [0.15, 0.2) is 5.65 Å². The van der Waals surface area contributed by atoms with Crippen LogP contribution in [0.4, 0.5) is 11.8 Å². The van der Waals surface area contributed by atoms with Gasteiger partial charge in [-0.05, 0) is 12.8 Å². The van der Waals surface area contributed by atoms with E-state index in [9.17, 15) is 0 Å². The monoisotopic (exact) mass is 272 g/mol. The Bertz CT molecular complexity index is 672. The maximum absolute atomic E-state index is 5.66. The summed E-state index contributed by atoms with van der Waals surface area (Å²) < 4.78 is 2.07. The largest absolute Gasteiger partial charge is 0.369 e. The zero-order valence-electron chi connectivity index (χ0n) is 11.0. The summed E-state index contributed by atoms with van der Waals surface area (Å²) in [6, 6.07) is 0. The number of unbranched alkanes of at least 4 members (excludes halogenated alkanes) is 1. The summed E-state index contributed by atoms with van der Waals surface area (Å²) in [5, 5.41) is 10.9. The van der Waals surface area contributed by atoms with Crippen molar-refractivity contribution >= 4 is 22.8 Å². The maximum atomic E-state index is 5.66. The molecular formula is C12H16N8. The number of nitrogens with two attached hydrogens (primary N) is 1. The van der Waals surface area contributed by atoms with E-state index in [-0.39, 0.29) is 5.95 Å². The van der Waals surface area contributed by atoms with Crippen LogP contribution in [-0.2, 0) is 6.54 Å². The Kier molecular flexibility index (Phi) is 3.44. The van der Waals surface area contributed by atoms with Crippen molar-refractivity contribution in [2.24, 2.45) is 0 Å². The molecule has 0 saturated carbocycles. The topological polar surface area (TPSA) is 110 Å². The summed E-state index contributed by atoms with van der Waals surface area (Å²) >= 11 is 0. The van der Waals surface area contributed by atoms with E-state index in [4.69, 9.17) is 5.73 Å². The fourth-order valence-corrected chi connectivity index (χ4v) is 2.03. The maximum Gasteiger partial charge on any atom is 0.224 e. The molecule has 0 fully saturated rings. The van der Waals surface area contributed by atoms with Crippen molar-refractivity contribution in [2.75, 3.05) is 17.6 Å². The SMILES string of the molecule is Nc1nc(NCCCCn2ccnc2)c2cn[nH]c2n1. The number of nitrogens with zero attached hydrogens (tertiary/aromatic N) is 5. The molecule has 0 bridgehead atoms. The third kappa shape index (κ3) is 2.68. The van der Waals surface area contributed by atoms with Gasteiger partial charge in [0, 0.05) is 25.5 Å². The zero-order chi connectivity index (χ0) is 13.8. The molecule has 20 heavy (non-hydrogen) atoms. The highest BCUT2D eigenvalue weighted by atomic mass is 15.2. The van der Waals surface area contributed by atoms with Gasteiger partial charge in [-0.2, -0.15) is 15.1 Å². The van der Waals surface area contributed by atoms with Crippen molar-refractivity contribution in [3.8, 4) is 0 Å². The second-order valence-electron chi connectivity index (χ2n) is 4.50. The van der Waals surface area contributed by atoms with E-state index in [1.165, 1.54) is 0 Å². The summed E-state index contributed by atoms with van der Waals surface area (Å²) in [7, 11) is 0. The number of aromatic nitrogens is 6. The smallest absolute Gasteiger partial charge is 0.224 e. The number of aromatic amines is 1. The van der Waals surface area contributed by atoms with Crippen molar-refractivity contribution in [1.82, 2.24) is 29.7 Å². The number of anilines is 2. The quantitative estimate of drug-likeness (QED) is 0.578. The number of nitrogen functional groups attached to an aromatic ring is 1. The van der Waals surface area contributed by atoms with E-state index in [2.05, 4.69) is 35.0 Å². The number of H-pyrrole nitrogens is 1. The Morgan fingerprint density at radius 3 is 3.10 bits per heavy atom. The third-order valence-electron chi connectivity index (χ3n) is 3.02. The van der Waals surface area contributed by atoms with Crippen LogP contribution < -0.4 is 11.1 Å². The van der Waals surface area contributed by atoms with Crippen LogP contribution in [0, 0.1) is 0 Å². The number of hydrogen-bond acceptors (Lipinski definition) is 6. The number of nitrogens with one attached hydrogen (secondary N) is 2. The Balaban J connectivity index is 1.53. The average molecular weight is 272 g/mol. The van der Waals surface area contributed by atoms with Crippen LogP contribution in [0.1, 0.15) is 12.8 Å². The minimum absolute atomic E-state index is 0.239. The molecule has 4 N–H and O–H groups in total. The van der Waals surface area contributed by atoms with Crippen molar-refractivity contribution in [3.63, 3.8) is 0 Å². The van der Waals surface area contributed by atoms with Crippen molar-refractivity contribution in [2.45, 2.75) is 19.4 Å². The Hall–Kier alpha value is -2.64. The number of aryl methyl sites for hydroxylation is 1. The zero-order valence-corrected chi connectivity index (χ0v) is 11.0. The van der Waals surface area contributed by atoms with Crippen LogP contribution in [0.3, 0.4) is 0 Å².